The van der Waals surface area contributed by atoms with Crippen LogP contribution in [0.4, 0.5) is 4.39 Å². The van der Waals surface area contributed by atoms with Crippen molar-refractivity contribution in [2.45, 2.75) is 50.7 Å². The summed E-state index contributed by atoms with van der Waals surface area (Å²) in [5.74, 6) is -0.477. The van der Waals surface area contributed by atoms with Crippen LogP contribution in [0.2, 0.25) is 0 Å². The summed E-state index contributed by atoms with van der Waals surface area (Å²) in [6, 6.07) is 3.18. The standard InChI is InChI=1S/C20H26FN5O3S/c1-13(2)17-8-15(21)9-18(20(17)29-12-22)14(3)24-30(27,28)19-10-16(25(4)23-19)11-26-6-5-7-26/h8-10,13-14,24H,5-7,11H2,1-4H3. The Morgan fingerprint density at radius 3 is 2.50 bits per heavy atom. The predicted molar refractivity (Wildman–Crippen MR) is 109 cm³/mol. The Bertz CT molecular complexity index is 1070. The molecule has 1 atom stereocenters. The maximum absolute atomic E-state index is 14.2. The monoisotopic (exact) mass is 435 g/mol. The van der Waals surface area contributed by atoms with E-state index in [1.807, 2.05) is 13.8 Å². The van der Waals surface area contributed by atoms with Gasteiger partial charge in [0.05, 0.1) is 5.69 Å². The molecule has 162 valence electrons. The number of hydrogen-bond donors (Lipinski definition) is 1. The molecule has 0 bridgehead atoms. The largest absolute Gasteiger partial charge is 0.387 e. The van der Waals surface area contributed by atoms with E-state index in [4.69, 9.17) is 10.00 Å². The molecule has 1 aliphatic heterocycles. The van der Waals surface area contributed by atoms with E-state index >= 15 is 0 Å². The fourth-order valence-electron chi connectivity index (χ4n) is 3.43. The molecular weight excluding hydrogens is 409 g/mol. The molecule has 3 rings (SSSR count). The third-order valence-corrected chi connectivity index (χ3v) is 6.66. The van der Waals surface area contributed by atoms with E-state index in [0.29, 0.717) is 12.1 Å². The van der Waals surface area contributed by atoms with Gasteiger partial charge in [-0.1, -0.05) is 13.8 Å². The van der Waals surface area contributed by atoms with E-state index in [0.717, 1.165) is 25.2 Å². The molecule has 30 heavy (non-hydrogen) atoms. The number of aromatic nitrogens is 2. The fraction of sp³-hybridized carbons (Fsp3) is 0.500. The van der Waals surface area contributed by atoms with Gasteiger partial charge in [0.1, 0.15) is 5.82 Å². The zero-order valence-electron chi connectivity index (χ0n) is 17.5. The molecule has 10 heteroatoms. The lowest BCUT2D eigenvalue weighted by Gasteiger charge is -2.30. The van der Waals surface area contributed by atoms with Crippen molar-refractivity contribution in [3.05, 3.63) is 40.8 Å². The van der Waals surface area contributed by atoms with Gasteiger partial charge in [-0.3, -0.25) is 9.58 Å². The van der Waals surface area contributed by atoms with Gasteiger partial charge < -0.3 is 4.74 Å². The zero-order chi connectivity index (χ0) is 22.1. The summed E-state index contributed by atoms with van der Waals surface area (Å²) >= 11 is 0. The van der Waals surface area contributed by atoms with Crippen LogP contribution in [0.25, 0.3) is 0 Å². The summed E-state index contributed by atoms with van der Waals surface area (Å²) in [7, 11) is -2.27. The quantitative estimate of drug-likeness (QED) is 0.640. The van der Waals surface area contributed by atoms with Crippen molar-refractivity contribution in [1.29, 1.82) is 5.26 Å². The lowest BCUT2D eigenvalue weighted by atomic mass is 9.96. The molecule has 1 aromatic carbocycles. The Morgan fingerprint density at radius 2 is 1.93 bits per heavy atom. The highest BCUT2D eigenvalue weighted by atomic mass is 32.2. The fourth-order valence-corrected chi connectivity index (χ4v) is 4.67. The summed E-state index contributed by atoms with van der Waals surface area (Å²) in [6.07, 6.45) is 2.75. The van der Waals surface area contributed by atoms with Gasteiger partial charge >= 0.3 is 0 Å². The zero-order valence-corrected chi connectivity index (χ0v) is 18.3. The van der Waals surface area contributed by atoms with Crippen molar-refractivity contribution < 1.29 is 17.5 Å². The number of nitrogens with zero attached hydrogens (tertiary/aromatic N) is 4. The minimum Gasteiger partial charge on any atom is -0.387 e. The minimum atomic E-state index is -3.97. The summed E-state index contributed by atoms with van der Waals surface area (Å²) in [6.45, 7) is 7.86. The molecule has 2 aromatic rings. The minimum absolute atomic E-state index is 0.101. The highest BCUT2D eigenvalue weighted by molar-refractivity contribution is 7.89. The van der Waals surface area contributed by atoms with Crippen molar-refractivity contribution in [3.63, 3.8) is 0 Å². The summed E-state index contributed by atoms with van der Waals surface area (Å²) in [4.78, 5) is 2.20. The Morgan fingerprint density at radius 1 is 1.27 bits per heavy atom. The van der Waals surface area contributed by atoms with Crippen molar-refractivity contribution in [1.82, 2.24) is 19.4 Å². The molecule has 1 unspecified atom stereocenters. The molecule has 1 aliphatic rings. The number of likely N-dealkylation sites (tertiary alicyclic amines) is 1. The van der Waals surface area contributed by atoms with E-state index in [-0.39, 0.29) is 22.3 Å². The van der Waals surface area contributed by atoms with Crippen LogP contribution < -0.4 is 9.46 Å². The van der Waals surface area contributed by atoms with Crippen LogP contribution in [0.15, 0.2) is 23.2 Å². The third kappa shape index (κ3) is 4.64. The highest BCUT2D eigenvalue weighted by Gasteiger charge is 2.27. The number of hydrogen-bond acceptors (Lipinski definition) is 6. The number of nitrogens with one attached hydrogen (secondary N) is 1. The van der Waals surface area contributed by atoms with Crippen LogP contribution in [0.3, 0.4) is 0 Å². The van der Waals surface area contributed by atoms with Gasteiger partial charge in [-0.2, -0.15) is 5.10 Å². The van der Waals surface area contributed by atoms with Crippen LogP contribution in [-0.2, 0) is 23.6 Å². The van der Waals surface area contributed by atoms with Crippen LogP contribution in [0, 0.1) is 17.3 Å². The molecule has 0 aliphatic carbocycles. The highest BCUT2D eigenvalue weighted by Crippen LogP contribution is 2.35. The van der Waals surface area contributed by atoms with E-state index in [9.17, 15) is 12.8 Å². The maximum atomic E-state index is 14.2. The lowest BCUT2D eigenvalue weighted by molar-refractivity contribution is 0.168. The molecule has 1 N–H and O–H groups in total. The number of rotatable bonds is 8. The molecule has 0 saturated carbocycles. The Hall–Kier alpha value is -2.48. The van der Waals surface area contributed by atoms with Gasteiger partial charge in [0, 0.05) is 36.8 Å². The molecule has 0 spiro atoms. The summed E-state index contributed by atoms with van der Waals surface area (Å²) < 4.78 is 49.2. The van der Waals surface area contributed by atoms with Crippen LogP contribution in [-0.4, -0.2) is 36.2 Å². The predicted octanol–water partition coefficient (Wildman–Crippen LogP) is 2.79. The first-order valence-electron chi connectivity index (χ1n) is 9.79. The van der Waals surface area contributed by atoms with Gasteiger partial charge in [-0.25, -0.2) is 17.5 Å². The number of sulfonamides is 1. The third-order valence-electron chi connectivity index (χ3n) is 5.24. The SMILES string of the molecule is CC(C)c1cc(F)cc(C(C)NS(=O)(=O)c2cc(CN3CCC3)n(C)n2)c1OC#N. The van der Waals surface area contributed by atoms with E-state index < -0.39 is 21.9 Å². The average Bonchev–Trinajstić information content (AvgIpc) is 3.00. The number of benzene rings is 1. The molecule has 1 saturated heterocycles. The van der Waals surface area contributed by atoms with Gasteiger partial charge in [0.15, 0.2) is 10.8 Å². The number of ether oxygens (including phenoxy) is 1. The second-order valence-corrected chi connectivity index (χ2v) is 9.49. The Labute approximate surface area is 176 Å². The Balaban J connectivity index is 1.89. The lowest BCUT2D eigenvalue weighted by Crippen LogP contribution is -2.36. The van der Waals surface area contributed by atoms with Crippen molar-refractivity contribution in [3.8, 4) is 12.0 Å². The first-order chi connectivity index (χ1) is 14.1. The topological polar surface area (TPSA) is 100 Å². The first-order valence-corrected chi connectivity index (χ1v) is 11.3. The van der Waals surface area contributed by atoms with E-state index in [2.05, 4.69) is 14.7 Å². The summed E-state index contributed by atoms with van der Waals surface area (Å²) in [5.41, 5.74) is 1.54. The molecular formula is C20H26FN5O3S. The van der Waals surface area contributed by atoms with Gasteiger partial charge in [0.25, 0.3) is 16.3 Å². The molecule has 1 aromatic heterocycles. The molecule has 0 amide bonds. The maximum Gasteiger partial charge on any atom is 0.292 e. The summed E-state index contributed by atoms with van der Waals surface area (Å²) in [5, 5.41) is 13.1. The van der Waals surface area contributed by atoms with Crippen LogP contribution in [0.1, 0.15) is 56.0 Å². The van der Waals surface area contributed by atoms with Crippen molar-refractivity contribution in [2.75, 3.05) is 13.1 Å². The normalized spacial score (nSPS) is 15.6. The Kier molecular flexibility index (Phi) is 6.45. The number of nitriles is 1. The van der Waals surface area contributed by atoms with Crippen LogP contribution >= 0.6 is 0 Å². The second-order valence-electron chi connectivity index (χ2n) is 7.83. The number of halogens is 1. The molecule has 0 radical (unpaired) electrons. The van der Waals surface area contributed by atoms with Crippen molar-refractivity contribution in [2.24, 2.45) is 7.05 Å². The molecule has 2 heterocycles. The van der Waals surface area contributed by atoms with Gasteiger partial charge in [-0.05, 0) is 44.5 Å². The van der Waals surface area contributed by atoms with Gasteiger partial charge in [-0.15, -0.1) is 5.26 Å². The van der Waals surface area contributed by atoms with Gasteiger partial charge in [0.2, 0.25) is 0 Å². The number of aryl methyl sites for hydroxylation is 1. The average molecular weight is 436 g/mol. The van der Waals surface area contributed by atoms with Crippen molar-refractivity contribution >= 4 is 10.0 Å². The first kappa shape index (κ1) is 22.2. The van der Waals surface area contributed by atoms with E-state index in [1.54, 1.807) is 31.0 Å². The smallest absolute Gasteiger partial charge is 0.292 e. The second kappa shape index (κ2) is 8.71. The van der Waals surface area contributed by atoms with E-state index in [1.165, 1.54) is 12.1 Å². The molecule has 8 nitrogen and oxygen atoms in total. The molecule has 1 fully saturated rings. The van der Waals surface area contributed by atoms with Crippen LogP contribution in [0.5, 0.6) is 5.75 Å².